The summed E-state index contributed by atoms with van der Waals surface area (Å²) < 4.78 is 5.05. The van der Waals surface area contributed by atoms with E-state index < -0.39 is 11.4 Å². The first-order chi connectivity index (χ1) is 9.93. The minimum Gasteiger partial charge on any atom is -0.497 e. The molecule has 0 radical (unpaired) electrons. The van der Waals surface area contributed by atoms with Crippen molar-refractivity contribution in [2.75, 3.05) is 25.9 Å². The predicted octanol–water partition coefficient (Wildman–Crippen LogP) is 1.60. The van der Waals surface area contributed by atoms with Gasteiger partial charge in [0.15, 0.2) is 0 Å². The summed E-state index contributed by atoms with van der Waals surface area (Å²) in [7, 11) is 1.53. The van der Waals surface area contributed by atoms with Crippen LogP contribution >= 0.6 is 0 Å². The third-order valence-electron chi connectivity index (χ3n) is 4.26. The summed E-state index contributed by atoms with van der Waals surface area (Å²) in [4.78, 5) is 25.5. The second-order valence-electron chi connectivity index (χ2n) is 5.37. The van der Waals surface area contributed by atoms with Crippen LogP contribution in [0.4, 0.5) is 5.69 Å². The zero-order chi connectivity index (χ0) is 15.6. The van der Waals surface area contributed by atoms with E-state index in [4.69, 9.17) is 10.5 Å². The number of carboxylic acid groups (broad SMARTS) is 1. The third kappa shape index (κ3) is 2.66. The van der Waals surface area contributed by atoms with Crippen LogP contribution in [0, 0.1) is 5.41 Å². The van der Waals surface area contributed by atoms with Crippen molar-refractivity contribution < 1.29 is 19.4 Å². The number of carbonyl (C=O) groups is 2. The van der Waals surface area contributed by atoms with Crippen molar-refractivity contribution in [1.29, 1.82) is 0 Å². The molecule has 1 atom stereocenters. The van der Waals surface area contributed by atoms with Crippen LogP contribution < -0.4 is 10.5 Å². The van der Waals surface area contributed by atoms with Crippen LogP contribution in [-0.4, -0.2) is 42.1 Å². The Hall–Kier alpha value is -2.24. The van der Waals surface area contributed by atoms with Crippen molar-refractivity contribution in [3.8, 4) is 5.75 Å². The van der Waals surface area contributed by atoms with Crippen LogP contribution in [0.5, 0.6) is 5.75 Å². The summed E-state index contributed by atoms with van der Waals surface area (Å²) in [6.45, 7) is 2.50. The molecule has 1 aliphatic heterocycles. The molecule has 0 aromatic heterocycles. The lowest BCUT2D eigenvalue weighted by atomic mass is 9.84. The summed E-state index contributed by atoms with van der Waals surface area (Å²) in [6, 6.07) is 4.88. The second-order valence-corrected chi connectivity index (χ2v) is 5.37. The van der Waals surface area contributed by atoms with Crippen LogP contribution in [-0.2, 0) is 4.79 Å². The first kappa shape index (κ1) is 15.2. The molecule has 6 nitrogen and oxygen atoms in total. The van der Waals surface area contributed by atoms with E-state index in [1.807, 2.05) is 6.92 Å². The maximum absolute atomic E-state index is 12.5. The monoisotopic (exact) mass is 292 g/mol. The topological polar surface area (TPSA) is 92.9 Å². The Morgan fingerprint density at radius 3 is 2.67 bits per heavy atom. The van der Waals surface area contributed by atoms with E-state index in [1.165, 1.54) is 7.11 Å². The normalized spacial score (nSPS) is 21.3. The van der Waals surface area contributed by atoms with Crippen molar-refractivity contribution in [2.24, 2.45) is 5.41 Å². The average Bonchev–Trinajstić information content (AvgIpc) is 2.92. The highest BCUT2D eigenvalue weighted by Crippen LogP contribution is 2.35. The van der Waals surface area contributed by atoms with E-state index in [-0.39, 0.29) is 12.5 Å². The van der Waals surface area contributed by atoms with Gasteiger partial charge in [0.05, 0.1) is 18.1 Å². The van der Waals surface area contributed by atoms with Gasteiger partial charge in [0.2, 0.25) is 0 Å². The van der Waals surface area contributed by atoms with E-state index in [0.29, 0.717) is 36.4 Å². The Bertz CT molecular complexity index is 573. The Kier molecular flexibility index (Phi) is 4.06. The number of hydrogen-bond donors (Lipinski definition) is 2. The Morgan fingerprint density at radius 2 is 2.19 bits per heavy atom. The quantitative estimate of drug-likeness (QED) is 0.822. The van der Waals surface area contributed by atoms with E-state index in [2.05, 4.69) is 0 Å². The van der Waals surface area contributed by atoms with E-state index in [0.717, 1.165) is 0 Å². The smallest absolute Gasteiger partial charge is 0.311 e. The van der Waals surface area contributed by atoms with Crippen molar-refractivity contribution in [1.82, 2.24) is 4.90 Å². The minimum absolute atomic E-state index is 0.225. The van der Waals surface area contributed by atoms with Crippen molar-refractivity contribution >= 4 is 17.6 Å². The van der Waals surface area contributed by atoms with Gasteiger partial charge in [-0.05, 0) is 25.0 Å². The number of ether oxygens (including phenoxy) is 1. The van der Waals surface area contributed by atoms with Gasteiger partial charge in [-0.25, -0.2) is 0 Å². The molecule has 1 heterocycles. The number of methoxy groups -OCH3 is 1. The summed E-state index contributed by atoms with van der Waals surface area (Å²) in [5.41, 5.74) is 5.76. The van der Waals surface area contributed by atoms with Crippen molar-refractivity contribution in [3.05, 3.63) is 23.8 Å². The molecule has 0 saturated carbocycles. The van der Waals surface area contributed by atoms with Gasteiger partial charge in [0, 0.05) is 24.8 Å². The molecule has 3 N–H and O–H groups in total. The van der Waals surface area contributed by atoms with Crippen LogP contribution in [0.15, 0.2) is 18.2 Å². The number of anilines is 1. The molecule has 1 aromatic rings. The number of aliphatic carboxylic acids is 1. The van der Waals surface area contributed by atoms with Crippen molar-refractivity contribution in [3.63, 3.8) is 0 Å². The molecule has 1 aromatic carbocycles. The molecule has 1 unspecified atom stereocenters. The first-order valence-electron chi connectivity index (χ1n) is 6.89. The van der Waals surface area contributed by atoms with E-state index in [9.17, 15) is 14.7 Å². The molecule has 2 rings (SSSR count). The molecule has 6 heteroatoms. The number of carboxylic acids is 1. The molecule has 1 aliphatic rings. The number of benzene rings is 1. The molecule has 114 valence electrons. The van der Waals surface area contributed by atoms with Crippen molar-refractivity contribution in [2.45, 2.75) is 19.8 Å². The number of nitrogens with two attached hydrogens (primary N) is 1. The molecule has 21 heavy (non-hydrogen) atoms. The largest absolute Gasteiger partial charge is 0.497 e. The van der Waals surface area contributed by atoms with Crippen LogP contribution in [0.25, 0.3) is 0 Å². The number of likely N-dealkylation sites (tertiary alicyclic amines) is 1. The summed E-state index contributed by atoms with van der Waals surface area (Å²) >= 11 is 0. The van der Waals surface area contributed by atoms with Crippen LogP contribution in [0.1, 0.15) is 30.1 Å². The van der Waals surface area contributed by atoms with E-state index in [1.54, 1.807) is 23.1 Å². The SMILES string of the molecule is CCC1(C(=O)O)CCN(C(=O)c2ccc(OC)cc2N)C1. The lowest BCUT2D eigenvalue weighted by Crippen LogP contribution is -2.36. The molecule has 0 spiro atoms. The molecule has 0 bridgehead atoms. The number of amides is 1. The maximum atomic E-state index is 12.5. The molecule has 1 amide bonds. The highest BCUT2D eigenvalue weighted by Gasteiger charge is 2.45. The molecular weight excluding hydrogens is 272 g/mol. The minimum atomic E-state index is -0.844. The van der Waals surface area contributed by atoms with Gasteiger partial charge >= 0.3 is 5.97 Å². The second kappa shape index (κ2) is 5.63. The average molecular weight is 292 g/mol. The van der Waals surface area contributed by atoms with Crippen LogP contribution in [0.2, 0.25) is 0 Å². The van der Waals surface area contributed by atoms with E-state index >= 15 is 0 Å². The standard InChI is InChI=1S/C15H20N2O4/c1-3-15(14(19)20)6-7-17(9-15)13(18)11-5-4-10(21-2)8-12(11)16/h4-5,8H,3,6-7,9,16H2,1-2H3,(H,19,20). The molecule has 0 aliphatic carbocycles. The van der Waals surface area contributed by atoms with Gasteiger partial charge in [0.1, 0.15) is 5.75 Å². The molecule has 1 fully saturated rings. The van der Waals surface area contributed by atoms with Gasteiger partial charge in [-0.15, -0.1) is 0 Å². The van der Waals surface area contributed by atoms with Crippen LogP contribution in [0.3, 0.4) is 0 Å². The number of hydrogen-bond acceptors (Lipinski definition) is 4. The van der Waals surface area contributed by atoms with Gasteiger partial charge in [-0.2, -0.15) is 0 Å². The first-order valence-corrected chi connectivity index (χ1v) is 6.89. The summed E-state index contributed by atoms with van der Waals surface area (Å²) in [6.07, 6.45) is 0.977. The Labute approximate surface area is 123 Å². The third-order valence-corrected chi connectivity index (χ3v) is 4.26. The fourth-order valence-electron chi connectivity index (χ4n) is 2.69. The number of nitrogens with zero attached hydrogens (tertiary/aromatic N) is 1. The summed E-state index contributed by atoms with van der Waals surface area (Å²) in [5.74, 6) is -0.492. The molecular formula is C15H20N2O4. The lowest BCUT2D eigenvalue weighted by Gasteiger charge is -2.23. The maximum Gasteiger partial charge on any atom is 0.311 e. The highest BCUT2D eigenvalue weighted by molar-refractivity contribution is 6.00. The van der Waals surface area contributed by atoms with Gasteiger partial charge in [0.25, 0.3) is 5.91 Å². The number of carbonyl (C=O) groups excluding carboxylic acids is 1. The zero-order valence-electron chi connectivity index (χ0n) is 12.3. The fraction of sp³-hybridized carbons (Fsp3) is 0.467. The Balaban J connectivity index is 2.21. The van der Waals surface area contributed by atoms with Gasteiger partial charge in [-0.3, -0.25) is 9.59 Å². The number of rotatable bonds is 4. The zero-order valence-corrected chi connectivity index (χ0v) is 12.3. The number of nitrogen functional groups attached to an aromatic ring is 1. The van der Waals surface area contributed by atoms with Gasteiger partial charge in [-0.1, -0.05) is 6.92 Å². The fourth-order valence-corrected chi connectivity index (χ4v) is 2.69. The predicted molar refractivity (Wildman–Crippen MR) is 78.3 cm³/mol. The van der Waals surface area contributed by atoms with Gasteiger partial charge < -0.3 is 20.5 Å². The highest BCUT2D eigenvalue weighted by atomic mass is 16.5. The Morgan fingerprint density at radius 1 is 1.48 bits per heavy atom. The lowest BCUT2D eigenvalue weighted by molar-refractivity contribution is -0.148. The molecule has 1 saturated heterocycles. The summed E-state index contributed by atoms with van der Waals surface area (Å²) in [5, 5.41) is 9.38.